The van der Waals surface area contributed by atoms with Crippen LogP contribution in [0.3, 0.4) is 0 Å². The van der Waals surface area contributed by atoms with E-state index in [1.54, 1.807) is 6.92 Å². The number of ketones is 1. The second kappa shape index (κ2) is 8.05. The Morgan fingerprint density at radius 2 is 2.14 bits per heavy atom. The molecule has 0 heterocycles. The van der Waals surface area contributed by atoms with Gasteiger partial charge < -0.3 is 4.74 Å². The maximum atomic E-state index is 12.3. The molecular formula is C14H13BrClNO5. The fraction of sp³-hybridized carbons (Fsp3) is 0.286. The van der Waals surface area contributed by atoms with E-state index >= 15 is 0 Å². The molecule has 0 aromatic heterocycles. The second-order valence-corrected chi connectivity index (χ2v) is 5.82. The number of carbonyl (C=O) groups is 2. The molecule has 0 aliphatic carbocycles. The summed E-state index contributed by atoms with van der Waals surface area (Å²) in [5, 5.41) is 11.1. The molecule has 0 amide bonds. The van der Waals surface area contributed by atoms with Crippen LogP contribution in [-0.2, 0) is 14.3 Å². The summed E-state index contributed by atoms with van der Waals surface area (Å²) in [5.74, 6) is -3.02. The Balaban J connectivity index is 3.38. The number of allylic oxidation sites excluding steroid dienone is 1. The molecule has 118 valence electrons. The van der Waals surface area contributed by atoms with E-state index in [1.807, 2.05) is 0 Å². The number of nitro benzene ring substituents is 1. The number of carbonyl (C=O) groups excluding carboxylic acids is 2. The monoisotopic (exact) mass is 389 g/mol. The van der Waals surface area contributed by atoms with E-state index in [0.29, 0.717) is 4.48 Å². The van der Waals surface area contributed by atoms with Crippen molar-refractivity contribution in [2.45, 2.75) is 19.3 Å². The minimum atomic E-state index is -1.09. The van der Waals surface area contributed by atoms with Crippen LogP contribution < -0.4 is 0 Å². The molecule has 0 spiro atoms. The van der Waals surface area contributed by atoms with Crippen LogP contribution in [0.5, 0.6) is 0 Å². The van der Waals surface area contributed by atoms with Crippen LogP contribution in [0.25, 0.3) is 0 Å². The van der Waals surface area contributed by atoms with Gasteiger partial charge in [-0.05, 0) is 23.9 Å². The highest BCUT2D eigenvalue weighted by molar-refractivity contribution is 9.11. The van der Waals surface area contributed by atoms with Crippen LogP contribution in [0.15, 0.2) is 29.3 Å². The fourth-order valence-corrected chi connectivity index (χ4v) is 2.49. The normalized spacial score (nSPS) is 11.6. The third kappa shape index (κ3) is 4.38. The molecule has 0 saturated carbocycles. The first kappa shape index (κ1) is 18.3. The minimum Gasteiger partial charge on any atom is -0.460 e. The summed E-state index contributed by atoms with van der Waals surface area (Å²) >= 11 is 8.95. The molecule has 6 nitrogen and oxygen atoms in total. The fourth-order valence-electron chi connectivity index (χ4n) is 1.92. The van der Waals surface area contributed by atoms with Gasteiger partial charge in [0.25, 0.3) is 5.69 Å². The van der Waals surface area contributed by atoms with Crippen LogP contribution >= 0.6 is 27.5 Å². The Labute approximate surface area is 140 Å². The van der Waals surface area contributed by atoms with E-state index in [0.717, 1.165) is 0 Å². The molecule has 0 N–H and O–H groups in total. The van der Waals surface area contributed by atoms with Crippen LogP contribution in [0.2, 0.25) is 5.02 Å². The molecular weight excluding hydrogens is 378 g/mol. The number of halogens is 2. The number of benzene rings is 1. The third-order valence-corrected chi connectivity index (χ3v) is 3.42. The highest BCUT2D eigenvalue weighted by atomic mass is 79.9. The zero-order valence-corrected chi connectivity index (χ0v) is 14.0. The third-order valence-electron chi connectivity index (χ3n) is 2.79. The largest absolute Gasteiger partial charge is 0.460 e. The van der Waals surface area contributed by atoms with Crippen LogP contribution in [0, 0.1) is 10.1 Å². The highest BCUT2D eigenvalue weighted by Gasteiger charge is 2.34. The predicted molar refractivity (Wildman–Crippen MR) is 85.2 cm³/mol. The average molecular weight is 391 g/mol. The smallest absolute Gasteiger partial charge is 0.375 e. The number of nitro groups is 1. The average Bonchev–Trinajstić information content (AvgIpc) is 2.43. The van der Waals surface area contributed by atoms with Gasteiger partial charge in [0.05, 0.1) is 17.4 Å². The summed E-state index contributed by atoms with van der Waals surface area (Å²) in [7, 11) is 0. The van der Waals surface area contributed by atoms with Crippen molar-refractivity contribution in [2.75, 3.05) is 6.61 Å². The topological polar surface area (TPSA) is 86.5 Å². The molecule has 22 heavy (non-hydrogen) atoms. The van der Waals surface area contributed by atoms with Gasteiger partial charge in [-0.15, -0.1) is 0 Å². The number of hydrogen-bond acceptors (Lipinski definition) is 5. The van der Waals surface area contributed by atoms with Crippen LogP contribution in [0.4, 0.5) is 5.69 Å². The number of nitrogens with zero attached hydrogens (tertiary/aromatic N) is 1. The molecule has 0 bridgehead atoms. The lowest BCUT2D eigenvalue weighted by atomic mass is 9.90. The summed E-state index contributed by atoms with van der Waals surface area (Å²) in [5.41, 5.74) is -0.350. The first-order valence-corrected chi connectivity index (χ1v) is 7.43. The van der Waals surface area contributed by atoms with E-state index in [4.69, 9.17) is 11.6 Å². The van der Waals surface area contributed by atoms with Gasteiger partial charge in [0.1, 0.15) is 5.02 Å². The summed E-state index contributed by atoms with van der Waals surface area (Å²) in [4.78, 5) is 34.5. The predicted octanol–water partition coefficient (Wildman–Crippen LogP) is 3.76. The molecule has 0 radical (unpaired) electrons. The zero-order valence-electron chi connectivity index (χ0n) is 11.7. The van der Waals surface area contributed by atoms with Crippen molar-refractivity contribution in [1.29, 1.82) is 0 Å². The second-order valence-electron chi connectivity index (χ2n) is 4.29. The maximum absolute atomic E-state index is 12.3. The van der Waals surface area contributed by atoms with Gasteiger partial charge >= 0.3 is 5.97 Å². The van der Waals surface area contributed by atoms with Gasteiger partial charge in [-0.1, -0.05) is 46.2 Å². The quantitative estimate of drug-likeness (QED) is 0.306. The van der Waals surface area contributed by atoms with E-state index in [-0.39, 0.29) is 23.6 Å². The number of para-hydroxylation sites is 1. The first-order chi connectivity index (χ1) is 10.3. The summed E-state index contributed by atoms with van der Waals surface area (Å²) in [6.45, 7) is 5.21. The molecule has 0 saturated heterocycles. The van der Waals surface area contributed by atoms with Crippen molar-refractivity contribution in [3.63, 3.8) is 0 Å². The van der Waals surface area contributed by atoms with E-state index in [2.05, 4.69) is 27.2 Å². The van der Waals surface area contributed by atoms with E-state index in [1.165, 1.54) is 18.2 Å². The molecule has 0 fully saturated rings. The van der Waals surface area contributed by atoms with Gasteiger partial charge in [0.2, 0.25) is 5.78 Å². The molecule has 1 aromatic rings. The molecule has 1 rings (SSSR count). The molecule has 0 aliphatic heterocycles. The minimum absolute atomic E-state index is 0.0127. The molecule has 1 aromatic carbocycles. The van der Waals surface area contributed by atoms with Crippen molar-refractivity contribution < 1.29 is 19.2 Å². The highest BCUT2D eigenvalue weighted by Crippen LogP contribution is 2.37. The Morgan fingerprint density at radius 1 is 1.50 bits per heavy atom. The van der Waals surface area contributed by atoms with Crippen molar-refractivity contribution in [3.05, 3.63) is 50.0 Å². The molecule has 1 atom stereocenters. The van der Waals surface area contributed by atoms with Gasteiger partial charge in [-0.25, -0.2) is 4.79 Å². The Morgan fingerprint density at radius 3 is 2.64 bits per heavy atom. The standard InChI is InChI=1S/C14H13BrClNO5/c1-3-22-14(19)13(18)10(7-8(2)15)9-5-4-6-11(16)12(9)17(20)21/h4-6,10H,2-3,7H2,1H3. The number of rotatable bonds is 7. The Kier molecular flexibility index (Phi) is 6.70. The number of Topliss-reactive ketones (excluding diaryl/α,β-unsaturated/α-hetero) is 1. The SMILES string of the molecule is C=C(Br)CC(C(=O)C(=O)OCC)c1cccc(Cl)c1[N+](=O)[O-]. The zero-order chi connectivity index (χ0) is 16.9. The molecule has 0 aliphatic rings. The lowest BCUT2D eigenvalue weighted by Crippen LogP contribution is -2.25. The number of esters is 1. The van der Waals surface area contributed by atoms with Crippen molar-refractivity contribution in [3.8, 4) is 0 Å². The van der Waals surface area contributed by atoms with E-state index < -0.39 is 28.3 Å². The van der Waals surface area contributed by atoms with Gasteiger partial charge in [-0.3, -0.25) is 14.9 Å². The first-order valence-electron chi connectivity index (χ1n) is 6.26. The summed E-state index contributed by atoms with van der Waals surface area (Å²) in [6.07, 6.45) is 0.0127. The van der Waals surface area contributed by atoms with Gasteiger partial charge in [-0.2, -0.15) is 0 Å². The lowest BCUT2D eigenvalue weighted by Gasteiger charge is -2.15. The van der Waals surface area contributed by atoms with Crippen LogP contribution in [0.1, 0.15) is 24.8 Å². The van der Waals surface area contributed by atoms with Crippen molar-refractivity contribution in [1.82, 2.24) is 0 Å². The Bertz CT molecular complexity index is 632. The summed E-state index contributed by atoms with van der Waals surface area (Å²) < 4.78 is 5.10. The number of hydrogen-bond donors (Lipinski definition) is 0. The molecule has 8 heteroatoms. The van der Waals surface area contributed by atoms with Gasteiger partial charge in [0, 0.05) is 5.56 Å². The number of ether oxygens (including phenoxy) is 1. The van der Waals surface area contributed by atoms with Crippen LogP contribution in [-0.4, -0.2) is 23.3 Å². The lowest BCUT2D eigenvalue weighted by molar-refractivity contribution is -0.385. The summed E-state index contributed by atoms with van der Waals surface area (Å²) in [6, 6.07) is 4.22. The molecule has 1 unspecified atom stereocenters. The Hall–Kier alpha value is -1.73. The van der Waals surface area contributed by atoms with Crippen molar-refractivity contribution >= 4 is 45.0 Å². The van der Waals surface area contributed by atoms with Crippen molar-refractivity contribution in [2.24, 2.45) is 0 Å². The van der Waals surface area contributed by atoms with Gasteiger partial charge in [0.15, 0.2) is 0 Å². The van der Waals surface area contributed by atoms with E-state index in [9.17, 15) is 19.7 Å². The maximum Gasteiger partial charge on any atom is 0.375 e.